The van der Waals surface area contributed by atoms with E-state index in [2.05, 4.69) is 39.4 Å². The summed E-state index contributed by atoms with van der Waals surface area (Å²) in [6, 6.07) is 19.8. The Morgan fingerprint density at radius 1 is 0.935 bits per heavy atom. The van der Waals surface area contributed by atoms with Gasteiger partial charge in [0.15, 0.2) is 0 Å². The minimum Gasteiger partial charge on any atom is -0.310 e. The van der Waals surface area contributed by atoms with E-state index >= 15 is 0 Å². The molecule has 0 radical (unpaired) electrons. The van der Waals surface area contributed by atoms with Gasteiger partial charge < -0.3 is 4.90 Å². The monoisotopic (exact) mass is 419 g/mol. The number of hydrogen-bond acceptors (Lipinski definition) is 5. The molecular weight excluding hydrogens is 390 g/mol. The minimum atomic E-state index is -0.345. The van der Waals surface area contributed by atoms with Gasteiger partial charge in [0, 0.05) is 33.2 Å². The first-order valence-corrected chi connectivity index (χ1v) is 11.1. The van der Waals surface area contributed by atoms with Crippen molar-refractivity contribution in [2.75, 3.05) is 26.7 Å². The van der Waals surface area contributed by atoms with Crippen molar-refractivity contribution in [1.82, 2.24) is 24.9 Å². The molecule has 7 heteroatoms. The standard InChI is InChI=1S/C24H29N5O2/c1-26-21-20(22(30)29(24(26)31)16-13-18-9-4-2-5-10-18)28-15-8-14-27(23(28)25-21)17-19-11-6-3-7-12-19/h2-7,9-12,20-21,23,25H,8,13-17H2,1H3. The fourth-order valence-corrected chi connectivity index (χ4v) is 5.07. The van der Waals surface area contributed by atoms with Crippen molar-refractivity contribution in [2.45, 2.75) is 37.9 Å². The number of carbonyl (C=O) groups is 2. The van der Waals surface area contributed by atoms with E-state index in [0.29, 0.717) is 13.0 Å². The van der Waals surface area contributed by atoms with Gasteiger partial charge in [0.1, 0.15) is 18.5 Å². The normalized spacial score (nSPS) is 26.8. The maximum atomic E-state index is 13.5. The van der Waals surface area contributed by atoms with E-state index < -0.39 is 0 Å². The summed E-state index contributed by atoms with van der Waals surface area (Å²) in [5, 5.41) is 3.58. The van der Waals surface area contributed by atoms with E-state index in [0.717, 1.165) is 31.6 Å². The SMILES string of the molecule is CN1C(=O)N(CCc2ccccc2)C(=O)C2C1NC1N(Cc3ccccc3)CCCN21. The molecular formula is C24H29N5O2. The maximum Gasteiger partial charge on any atom is 0.327 e. The van der Waals surface area contributed by atoms with E-state index in [1.54, 1.807) is 11.9 Å². The second-order valence-electron chi connectivity index (χ2n) is 8.60. The summed E-state index contributed by atoms with van der Waals surface area (Å²) in [5.74, 6) is -0.0828. The van der Waals surface area contributed by atoms with Crippen molar-refractivity contribution in [2.24, 2.45) is 0 Å². The van der Waals surface area contributed by atoms with Crippen LogP contribution >= 0.6 is 0 Å². The lowest BCUT2D eigenvalue weighted by atomic mass is 10.1. The largest absolute Gasteiger partial charge is 0.327 e. The van der Waals surface area contributed by atoms with Crippen LogP contribution in [0.1, 0.15) is 17.5 Å². The molecule has 0 bridgehead atoms. The number of urea groups is 1. The predicted molar refractivity (Wildman–Crippen MR) is 118 cm³/mol. The third kappa shape index (κ3) is 3.73. The first kappa shape index (κ1) is 20.2. The molecule has 3 fully saturated rings. The van der Waals surface area contributed by atoms with Crippen LogP contribution in [0.25, 0.3) is 0 Å². The highest BCUT2D eigenvalue weighted by Gasteiger charge is 2.55. The van der Waals surface area contributed by atoms with E-state index in [1.165, 1.54) is 10.5 Å². The zero-order chi connectivity index (χ0) is 21.4. The first-order chi connectivity index (χ1) is 15.1. The van der Waals surface area contributed by atoms with Crippen LogP contribution in [0.15, 0.2) is 60.7 Å². The molecule has 2 aromatic carbocycles. The topological polar surface area (TPSA) is 59.1 Å². The fourth-order valence-electron chi connectivity index (χ4n) is 5.07. The molecule has 0 aromatic heterocycles. The van der Waals surface area contributed by atoms with Crippen LogP contribution in [0.3, 0.4) is 0 Å². The number of fused-ring (bicyclic) bond motifs is 3. The number of amides is 3. The molecule has 0 spiro atoms. The number of likely N-dealkylation sites (N-methyl/N-ethyl adjacent to an activating group) is 1. The molecule has 3 atom stereocenters. The second-order valence-corrected chi connectivity index (χ2v) is 8.60. The zero-order valence-electron chi connectivity index (χ0n) is 17.9. The third-order valence-corrected chi connectivity index (χ3v) is 6.66. The van der Waals surface area contributed by atoms with Crippen LogP contribution in [0.2, 0.25) is 0 Å². The predicted octanol–water partition coefficient (Wildman–Crippen LogP) is 1.91. The average Bonchev–Trinajstić information content (AvgIpc) is 3.20. The summed E-state index contributed by atoms with van der Waals surface area (Å²) < 4.78 is 0. The Bertz CT molecular complexity index is 938. The van der Waals surface area contributed by atoms with Crippen molar-refractivity contribution in [1.29, 1.82) is 0 Å². The highest BCUT2D eigenvalue weighted by molar-refractivity contribution is 6.00. The molecule has 3 aliphatic heterocycles. The molecule has 0 aliphatic carbocycles. The summed E-state index contributed by atoms with van der Waals surface area (Å²) >= 11 is 0. The summed E-state index contributed by atoms with van der Waals surface area (Å²) in [4.78, 5) is 34.3. The Balaban J connectivity index is 1.34. The average molecular weight is 420 g/mol. The van der Waals surface area contributed by atoms with Gasteiger partial charge >= 0.3 is 6.03 Å². The number of rotatable bonds is 5. The molecule has 31 heavy (non-hydrogen) atoms. The third-order valence-electron chi connectivity index (χ3n) is 6.66. The second kappa shape index (κ2) is 8.42. The van der Waals surface area contributed by atoms with Crippen LogP contribution in [-0.2, 0) is 17.8 Å². The van der Waals surface area contributed by atoms with E-state index in [-0.39, 0.29) is 30.4 Å². The Kier molecular flexibility index (Phi) is 5.48. The molecule has 3 saturated heterocycles. The lowest BCUT2D eigenvalue weighted by molar-refractivity contribution is -0.140. The Hall–Kier alpha value is -2.74. The highest BCUT2D eigenvalue weighted by atomic mass is 16.2. The Morgan fingerprint density at radius 3 is 2.32 bits per heavy atom. The molecule has 3 heterocycles. The van der Waals surface area contributed by atoms with Gasteiger partial charge in [-0.15, -0.1) is 0 Å². The maximum absolute atomic E-state index is 13.5. The lowest BCUT2D eigenvalue weighted by Gasteiger charge is -2.43. The van der Waals surface area contributed by atoms with Gasteiger partial charge in [0.2, 0.25) is 0 Å². The van der Waals surface area contributed by atoms with Gasteiger partial charge in [0.05, 0.1) is 0 Å². The lowest BCUT2D eigenvalue weighted by Crippen LogP contribution is -2.66. The Labute approximate surface area is 183 Å². The first-order valence-electron chi connectivity index (χ1n) is 11.1. The fraction of sp³-hybridized carbons (Fsp3) is 0.417. The van der Waals surface area contributed by atoms with Crippen LogP contribution in [0, 0.1) is 0 Å². The highest BCUT2D eigenvalue weighted by Crippen LogP contribution is 2.31. The van der Waals surface area contributed by atoms with Crippen molar-refractivity contribution in [3.8, 4) is 0 Å². The van der Waals surface area contributed by atoms with Crippen LogP contribution in [-0.4, -0.2) is 76.7 Å². The van der Waals surface area contributed by atoms with Crippen molar-refractivity contribution in [3.05, 3.63) is 71.8 Å². The van der Waals surface area contributed by atoms with E-state index in [1.807, 2.05) is 36.4 Å². The molecule has 2 aromatic rings. The van der Waals surface area contributed by atoms with Gasteiger partial charge in [-0.25, -0.2) is 4.79 Å². The molecule has 3 amide bonds. The summed E-state index contributed by atoms with van der Waals surface area (Å²) in [6.45, 7) is 3.04. The number of imide groups is 1. The van der Waals surface area contributed by atoms with Crippen molar-refractivity contribution < 1.29 is 9.59 Å². The quantitative estimate of drug-likeness (QED) is 0.802. The van der Waals surface area contributed by atoms with Crippen molar-refractivity contribution >= 4 is 11.9 Å². The van der Waals surface area contributed by atoms with Gasteiger partial charge in [-0.2, -0.15) is 0 Å². The summed E-state index contributed by atoms with van der Waals surface area (Å²) in [6.07, 6.45) is 1.33. The number of benzene rings is 2. The van der Waals surface area contributed by atoms with Crippen molar-refractivity contribution in [3.63, 3.8) is 0 Å². The number of hydrogen-bond donors (Lipinski definition) is 1. The van der Waals surface area contributed by atoms with E-state index in [4.69, 9.17) is 0 Å². The number of nitrogens with one attached hydrogen (secondary N) is 1. The van der Waals surface area contributed by atoms with Crippen LogP contribution in [0.4, 0.5) is 4.79 Å². The molecule has 162 valence electrons. The number of nitrogens with zero attached hydrogens (tertiary/aromatic N) is 4. The van der Waals surface area contributed by atoms with Gasteiger partial charge in [-0.05, 0) is 24.0 Å². The van der Waals surface area contributed by atoms with Gasteiger partial charge in [-0.3, -0.25) is 24.8 Å². The molecule has 7 nitrogen and oxygen atoms in total. The zero-order valence-corrected chi connectivity index (χ0v) is 17.9. The summed E-state index contributed by atoms with van der Waals surface area (Å²) in [7, 11) is 1.80. The minimum absolute atomic E-state index is 0.0442. The molecule has 0 saturated carbocycles. The van der Waals surface area contributed by atoms with Crippen LogP contribution < -0.4 is 5.32 Å². The smallest absolute Gasteiger partial charge is 0.310 e. The van der Waals surface area contributed by atoms with E-state index in [9.17, 15) is 9.59 Å². The number of carbonyl (C=O) groups excluding carboxylic acids is 2. The van der Waals surface area contributed by atoms with Crippen LogP contribution in [0.5, 0.6) is 0 Å². The summed E-state index contributed by atoms with van der Waals surface area (Å²) in [5.41, 5.74) is 2.38. The molecule has 3 unspecified atom stereocenters. The molecule has 5 rings (SSSR count). The Morgan fingerprint density at radius 2 is 1.61 bits per heavy atom. The van der Waals surface area contributed by atoms with Gasteiger partial charge in [0.25, 0.3) is 5.91 Å². The van der Waals surface area contributed by atoms with Gasteiger partial charge in [-0.1, -0.05) is 60.7 Å². The molecule has 3 aliphatic rings. The molecule has 1 N–H and O–H groups in total.